The smallest absolute Gasteiger partial charge is 0.278 e. The lowest BCUT2D eigenvalue weighted by atomic mass is 9.91. The molecule has 5 heteroatoms. The first-order valence-corrected chi connectivity index (χ1v) is 5.78. The van der Waals surface area contributed by atoms with E-state index in [-0.39, 0.29) is 5.92 Å². The van der Waals surface area contributed by atoms with Crippen molar-refractivity contribution >= 4 is 17.5 Å². The summed E-state index contributed by atoms with van der Waals surface area (Å²) in [4.78, 5) is 13.0. The summed E-state index contributed by atoms with van der Waals surface area (Å²) in [7, 11) is 0. The third-order valence-electron chi connectivity index (χ3n) is 2.76. The van der Waals surface area contributed by atoms with Gasteiger partial charge in [-0.3, -0.25) is 0 Å². The van der Waals surface area contributed by atoms with Crippen LogP contribution in [-0.2, 0) is 0 Å². The Kier molecular flexibility index (Phi) is 1.82. The van der Waals surface area contributed by atoms with E-state index in [9.17, 15) is 4.91 Å². The van der Waals surface area contributed by atoms with Crippen molar-refractivity contribution in [3.05, 3.63) is 39.3 Å². The topological polar surface area (TPSA) is 58.5 Å². The summed E-state index contributed by atoms with van der Waals surface area (Å²) >= 11 is 1.55. The molecule has 0 saturated carbocycles. The molecule has 3 aliphatic rings. The van der Waals surface area contributed by atoms with Gasteiger partial charge in [-0.2, -0.15) is 0 Å². The molecular weight excluding hydrogens is 210 g/mol. The van der Waals surface area contributed by atoms with Crippen molar-refractivity contribution in [1.29, 1.82) is 0 Å². The van der Waals surface area contributed by atoms with Crippen LogP contribution in [0.1, 0.15) is 6.42 Å². The van der Waals surface area contributed by atoms with Gasteiger partial charge in [0.05, 0.1) is 4.91 Å². The molecule has 0 amide bonds. The van der Waals surface area contributed by atoms with E-state index in [1.54, 1.807) is 11.8 Å². The first-order valence-electron chi connectivity index (χ1n) is 4.79. The van der Waals surface area contributed by atoms with Gasteiger partial charge in [0.15, 0.2) is 4.87 Å². The summed E-state index contributed by atoms with van der Waals surface area (Å²) in [6, 6.07) is 0. The van der Waals surface area contributed by atoms with E-state index < -0.39 is 0 Å². The maximum absolute atomic E-state index is 11.2. The molecule has 0 saturated heterocycles. The van der Waals surface area contributed by atoms with E-state index >= 15 is 0 Å². The Morgan fingerprint density at radius 2 is 2.40 bits per heavy atom. The summed E-state index contributed by atoms with van der Waals surface area (Å²) < 4.78 is 0. The monoisotopic (exact) mass is 220 g/mol. The van der Waals surface area contributed by atoms with Crippen molar-refractivity contribution in [1.82, 2.24) is 0 Å². The molecule has 3 rings (SSSR count). The lowest BCUT2D eigenvalue weighted by Crippen LogP contribution is -2.20. The molecule has 0 radical (unpaired) electrons. The molecule has 15 heavy (non-hydrogen) atoms. The SMILES string of the molecule is NC1=CCC2C(=C1)C=C1SC[N+](=O)N=C12. The molecule has 0 fully saturated rings. The van der Waals surface area contributed by atoms with Crippen LogP contribution < -0.4 is 5.73 Å². The van der Waals surface area contributed by atoms with Crippen molar-refractivity contribution in [2.45, 2.75) is 6.42 Å². The zero-order chi connectivity index (χ0) is 10.4. The van der Waals surface area contributed by atoms with Gasteiger partial charge in [0.1, 0.15) is 5.71 Å². The molecule has 0 aromatic rings. The summed E-state index contributed by atoms with van der Waals surface area (Å²) in [5.41, 5.74) is 8.65. The highest BCUT2D eigenvalue weighted by atomic mass is 32.2. The molecule has 2 aliphatic carbocycles. The van der Waals surface area contributed by atoms with E-state index in [4.69, 9.17) is 5.73 Å². The maximum atomic E-state index is 11.2. The van der Waals surface area contributed by atoms with Gasteiger partial charge in [-0.25, -0.2) is 0 Å². The van der Waals surface area contributed by atoms with Gasteiger partial charge in [-0.15, -0.1) is 0 Å². The molecule has 2 N–H and O–H groups in total. The van der Waals surface area contributed by atoms with Crippen LogP contribution in [0, 0.1) is 10.8 Å². The van der Waals surface area contributed by atoms with Crippen LogP contribution in [0.25, 0.3) is 0 Å². The van der Waals surface area contributed by atoms with E-state index in [2.05, 4.69) is 11.2 Å². The normalized spacial score (nSPS) is 28.5. The highest BCUT2D eigenvalue weighted by molar-refractivity contribution is 8.03. The third-order valence-corrected chi connectivity index (χ3v) is 3.74. The van der Waals surface area contributed by atoms with Crippen molar-refractivity contribution in [2.75, 3.05) is 5.88 Å². The van der Waals surface area contributed by atoms with E-state index in [0.29, 0.717) is 5.88 Å². The lowest BCUT2D eigenvalue weighted by Gasteiger charge is -2.15. The van der Waals surface area contributed by atoms with Crippen LogP contribution in [0.2, 0.25) is 0 Å². The fourth-order valence-electron chi connectivity index (χ4n) is 2.06. The van der Waals surface area contributed by atoms with Gasteiger partial charge in [0.2, 0.25) is 0 Å². The predicted octanol–water partition coefficient (Wildman–Crippen LogP) is 1.51. The van der Waals surface area contributed by atoms with E-state index in [1.165, 1.54) is 5.57 Å². The van der Waals surface area contributed by atoms with Crippen LogP contribution >= 0.6 is 11.8 Å². The quantitative estimate of drug-likeness (QED) is 0.629. The Balaban J connectivity index is 2.06. The van der Waals surface area contributed by atoms with Crippen LogP contribution in [0.3, 0.4) is 0 Å². The van der Waals surface area contributed by atoms with Crippen LogP contribution in [0.4, 0.5) is 0 Å². The molecule has 76 valence electrons. The lowest BCUT2D eigenvalue weighted by molar-refractivity contribution is -0.534. The zero-order valence-corrected chi connectivity index (χ0v) is 8.83. The minimum Gasteiger partial charge on any atom is -0.399 e. The minimum atomic E-state index is 0.247. The average Bonchev–Trinajstić information content (AvgIpc) is 2.54. The number of nitroso groups, excluding NO2 is 1. The van der Waals surface area contributed by atoms with Gasteiger partial charge in [-0.1, -0.05) is 6.08 Å². The second kappa shape index (κ2) is 3.06. The first kappa shape index (κ1) is 8.91. The van der Waals surface area contributed by atoms with E-state index in [1.807, 2.05) is 12.2 Å². The summed E-state index contributed by atoms with van der Waals surface area (Å²) in [5, 5.41) is 4.05. The first-order chi connectivity index (χ1) is 7.24. The van der Waals surface area contributed by atoms with Gasteiger partial charge in [-0.05, 0) is 35.9 Å². The second-order valence-corrected chi connectivity index (χ2v) is 4.74. The summed E-state index contributed by atoms with van der Waals surface area (Å²) in [6.07, 6.45) is 6.91. The zero-order valence-electron chi connectivity index (χ0n) is 8.01. The van der Waals surface area contributed by atoms with Crippen LogP contribution in [-0.4, -0.2) is 16.5 Å². The van der Waals surface area contributed by atoms with Crippen molar-refractivity contribution in [3.8, 4) is 0 Å². The van der Waals surface area contributed by atoms with Crippen molar-refractivity contribution < 1.29 is 4.87 Å². The number of allylic oxidation sites excluding steroid dienone is 5. The molecule has 0 aromatic heterocycles. The number of thioether (sulfide) groups is 1. The standard InChI is InChI=1S/C10H10N3OS/c11-7-1-2-8-6(3-7)4-9-10(8)12-13(14)5-15-9/h1,3-4,8H,2,5,11H2/q+1. The highest BCUT2D eigenvalue weighted by Gasteiger charge is 2.37. The largest absolute Gasteiger partial charge is 0.399 e. The fraction of sp³-hybridized carbons (Fsp3) is 0.300. The van der Waals surface area contributed by atoms with Crippen LogP contribution in [0.15, 0.2) is 39.5 Å². The predicted molar refractivity (Wildman–Crippen MR) is 60.1 cm³/mol. The molecule has 4 nitrogen and oxygen atoms in total. The Labute approximate surface area is 91.2 Å². The number of nitrogens with two attached hydrogens (primary N) is 1. The van der Waals surface area contributed by atoms with Crippen LogP contribution in [0.5, 0.6) is 0 Å². The Morgan fingerprint density at radius 1 is 1.53 bits per heavy atom. The number of rotatable bonds is 0. The number of hydrazone groups is 1. The molecule has 1 aliphatic heterocycles. The second-order valence-electron chi connectivity index (χ2n) is 3.76. The van der Waals surface area contributed by atoms with Crippen molar-refractivity contribution in [2.24, 2.45) is 16.8 Å². The van der Waals surface area contributed by atoms with Crippen molar-refractivity contribution in [3.63, 3.8) is 0 Å². The molecule has 0 spiro atoms. The molecule has 1 atom stereocenters. The van der Waals surface area contributed by atoms with Gasteiger partial charge >= 0.3 is 0 Å². The summed E-state index contributed by atoms with van der Waals surface area (Å²) in [5.74, 6) is 0.634. The maximum Gasteiger partial charge on any atom is 0.278 e. The number of hydrogen-bond donors (Lipinski definition) is 1. The highest BCUT2D eigenvalue weighted by Crippen LogP contribution is 2.40. The minimum absolute atomic E-state index is 0.247. The molecule has 0 bridgehead atoms. The molecular formula is C10H10N3OS+. The Hall–Kier alpha value is -1.36. The van der Waals surface area contributed by atoms with E-state index in [0.717, 1.165) is 27.6 Å². The number of hydrogen-bond acceptors (Lipinski definition) is 3. The Bertz CT molecular complexity index is 473. The number of nitrogens with zero attached hydrogens (tertiary/aromatic N) is 2. The molecule has 1 unspecified atom stereocenters. The Morgan fingerprint density at radius 3 is 3.27 bits per heavy atom. The third kappa shape index (κ3) is 1.34. The molecule has 1 heterocycles. The van der Waals surface area contributed by atoms with Gasteiger partial charge < -0.3 is 5.73 Å². The fourth-order valence-corrected chi connectivity index (χ4v) is 2.92. The van der Waals surface area contributed by atoms with Gasteiger partial charge in [0.25, 0.3) is 5.88 Å². The average molecular weight is 220 g/mol. The van der Waals surface area contributed by atoms with Gasteiger partial charge in [0, 0.05) is 21.6 Å². The number of fused-ring (bicyclic) bond motifs is 3. The summed E-state index contributed by atoms with van der Waals surface area (Å²) in [6.45, 7) is 0. The molecule has 0 aromatic carbocycles.